The topological polar surface area (TPSA) is 171 Å². The average molecular weight is 352 g/mol. The zero-order valence-corrected chi connectivity index (χ0v) is 13.3. The molecule has 0 aliphatic carbocycles. The van der Waals surface area contributed by atoms with Crippen LogP contribution in [0.15, 0.2) is 5.16 Å². The molecule has 22 heavy (non-hydrogen) atoms. The van der Waals surface area contributed by atoms with Crippen LogP contribution in [0.25, 0.3) is 0 Å². The lowest BCUT2D eigenvalue weighted by molar-refractivity contribution is -0.161. The molecule has 0 atom stereocenters. The first-order chi connectivity index (χ1) is 9.92. The van der Waals surface area contributed by atoms with E-state index in [1.807, 2.05) is 0 Å². The van der Waals surface area contributed by atoms with Gasteiger partial charge in [-0.25, -0.2) is 9.59 Å². The first-order valence-corrected chi connectivity index (χ1v) is 8.04. The van der Waals surface area contributed by atoms with Crippen LogP contribution in [-0.4, -0.2) is 52.4 Å². The van der Waals surface area contributed by atoms with Crippen LogP contribution < -0.4 is 5.73 Å². The summed E-state index contributed by atoms with van der Waals surface area (Å²) < 4.78 is 29.8. The van der Waals surface area contributed by atoms with Gasteiger partial charge in [0.2, 0.25) is 17.1 Å². The van der Waals surface area contributed by atoms with Crippen LogP contribution in [-0.2, 0) is 28.7 Å². The third kappa shape index (κ3) is 4.92. The first-order valence-electron chi connectivity index (χ1n) is 5.45. The van der Waals surface area contributed by atoms with Gasteiger partial charge >= 0.3 is 22.1 Å². The van der Waals surface area contributed by atoms with E-state index in [9.17, 15) is 18.0 Å². The highest BCUT2D eigenvalue weighted by Crippen LogP contribution is 2.13. The second-order valence-corrected chi connectivity index (χ2v) is 6.74. The second-order valence-electron chi connectivity index (χ2n) is 4.38. The number of nitrogens with zero attached hydrogens (tertiary/aromatic N) is 3. The van der Waals surface area contributed by atoms with Gasteiger partial charge in [-0.15, -0.1) is 0 Å². The molecule has 1 rings (SSSR count). The Kier molecular flexibility index (Phi) is 5.03. The van der Waals surface area contributed by atoms with E-state index in [-0.39, 0.29) is 11.0 Å². The summed E-state index contributed by atoms with van der Waals surface area (Å²) >= 11 is 0.715. The summed E-state index contributed by atoms with van der Waals surface area (Å²) in [5, 5.41) is 12.2. The van der Waals surface area contributed by atoms with Gasteiger partial charge in [0.25, 0.3) is 0 Å². The minimum atomic E-state index is -4.13. The predicted octanol–water partition coefficient (Wildman–Crippen LogP) is -0.793. The van der Waals surface area contributed by atoms with E-state index >= 15 is 0 Å². The largest absolute Gasteiger partial charge is 0.478 e. The van der Waals surface area contributed by atoms with E-state index in [1.54, 1.807) is 0 Å². The number of carboxylic acid groups (broad SMARTS) is 1. The zero-order chi connectivity index (χ0) is 17.1. The van der Waals surface area contributed by atoms with Crippen molar-refractivity contribution in [3.8, 4) is 0 Å². The number of aromatic nitrogens is 2. The van der Waals surface area contributed by atoms with Crippen molar-refractivity contribution in [1.29, 1.82) is 0 Å². The van der Waals surface area contributed by atoms with Crippen molar-refractivity contribution < 1.29 is 32.1 Å². The lowest BCUT2D eigenvalue weighted by Gasteiger charge is -2.16. The molecule has 11 nitrogen and oxygen atoms in total. The van der Waals surface area contributed by atoms with E-state index in [2.05, 4.69) is 18.7 Å². The Bertz CT molecular complexity index is 722. The van der Waals surface area contributed by atoms with Gasteiger partial charge in [0.05, 0.1) is 6.26 Å². The number of aliphatic carboxylic acids is 1. The minimum Gasteiger partial charge on any atom is -0.478 e. The normalized spacial score (nSPS) is 12.8. The molecule has 0 fully saturated rings. The predicted molar refractivity (Wildman–Crippen MR) is 74.6 cm³/mol. The number of carboxylic acids is 1. The Labute approximate surface area is 129 Å². The van der Waals surface area contributed by atoms with E-state index in [4.69, 9.17) is 15.7 Å². The molecule has 0 radical (unpaired) electrons. The van der Waals surface area contributed by atoms with Gasteiger partial charge in [-0.2, -0.15) is 17.8 Å². The van der Waals surface area contributed by atoms with Crippen molar-refractivity contribution in [3.05, 3.63) is 5.82 Å². The van der Waals surface area contributed by atoms with Crippen molar-refractivity contribution >= 4 is 44.4 Å². The summed E-state index contributed by atoms with van der Waals surface area (Å²) in [6, 6.07) is 0. The molecule has 0 saturated heterocycles. The monoisotopic (exact) mass is 352 g/mol. The highest BCUT2D eigenvalue weighted by molar-refractivity contribution is 7.86. The average Bonchev–Trinajstić information content (AvgIpc) is 2.73. The number of nitrogens with two attached hydrogens (primary N) is 1. The molecule has 1 heterocycles. The van der Waals surface area contributed by atoms with Crippen molar-refractivity contribution in [3.63, 3.8) is 0 Å². The summed E-state index contributed by atoms with van der Waals surface area (Å²) in [5.41, 5.74) is 2.85. The molecule has 3 N–H and O–H groups in total. The van der Waals surface area contributed by atoms with Crippen molar-refractivity contribution in [2.24, 2.45) is 5.16 Å². The lowest BCUT2D eigenvalue weighted by Crippen LogP contribution is -2.34. The van der Waals surface area contributed by atoms with Crippen molar-refractivity contribution in [2.75, 3.05) is 12.0 Å². The third-order valence-electron chi connectivity index (χ3n) is 1.95. The van der Waals surface area contributed by atoms with Gasteiger partial charge < -0.3 is 19.9 Å². The summed E-state index contributed by atoms with van der Waals surface area (Å²) in [5.74, 6) is -3.14. The molecule has 1 aromatic heterocycles. The molecule has 0 spiro atoms. The number of carbonyl (C=O) groups excluding carboxylic acids is 1. The van der Waals surface area contributed by atoms with E-state index in [1.165, 1.54) is 13.8 Å². The molecule has 0 amide bonds. The standard InChI is InChI=1S/C9H12N4O7S2/c1-9(2,7(15)16)20-12-4(5-11-8(10)21-13-5)6(14)19-22(3,17)18/h1-3H3,(H,15,16)(H2,10,11,13)/b12-4+. The molecule has 0 aliphatic heterocycles. The molecule has 0 aromatic carbocycles. The SMILES string of the molecule is CC(C)(O/N=C(/C(=O)OS(C)(=O)=O)c1nsc(N)n1)C(=O)O. The van der Waals surface area contributed by atoms with Crippen LogP contribution in [0.4, 0.5) is 5.13 Å². The summed E-state index contributed by atoms with van der Waals surface area (Å²) in [4.78, 5) is 31.1. The number of oxime groups is 1. The Morgan fingerprint density at radius 3 is 2.41 bits per heavy atom. The van der Waals surface area contributed by atoms with Gasteiger partial charge in [0, 0.05) is 11.5 Å². The summed E-state index contributed by atoms with van der Waals surface area (Å²) in [6.45, 7) is 2.34. The van der Waals surface area contributed by atoms with Crippen LogP contribution in [0.1, 0.15) is 19.7 Å². The molecule has 13 heteroatoms. The first kappa shape index (κ1) is 17.8. The van der Waals surface area contributed by atoms with Crippen LogP contribution >= 0.6 is 11.5 Å². The molecule has 122 valence electrons. The Morgan fingerprint density at radius 2 is 2.00 bits per heavy atom. The van der Waals surface area contributed by atoms with Crippen LogP contribution in [0.5, 0.6) is 0 Å². The molecule has 0 saturated carbocycles. The third-order valence-corrected chi connectivity index (χ3v) is 2.95. The number of rotatable bonds is 6. The molecule has 0 bridgehead atoms. The van der Waals surface area contributed by atoms with E-state index in [0.29, 0.717) is 17.8 Å². The van der Waals surface area contributed by atoms with Crippen molar-refractivity contribution in [1.82, 2.24) is 9.36 Å². The maximum Gasteiger partial charge on any atom is 0.379 e. The van der Waals surface area contributed by atoms with Crippen LogP contribution in [0.3, 0.4) is 0 Å². The zero-order valence-electron chi connectivity index (χ0n) is 11.6. The fourth-order valence-corrected chi connectivity index (χ4v) is 1.67. The molecular formula is C9H12N4O7S2. The van der Waals surface area contributed by atoms with Gasteiger partial charge in [0.15, 0.2) is 5.13 Å². The lowest BCUT2D eigenvalue weighted by atomic mass is 10.1. The number of nitrogen functional groups attached to an aromatic ring is 1. The highest BCUT2D eigenvalue weighted by Gasteiger charge is 2.32. The Morgan fingerprint density at radius 1 is 1.41 bits per heavy atom. The van der Waals surface area contributed by atoms with E-state index in [0.717, 1.165) is 0 Å². The fourth-order valence-electron chi connectivity index (χ4n) is 0.877. The quantitative estimate of drug-likeness (QED) is 0.375. The fraction of sp³-hybridized carbons (Fsp3) is 0.444. The number of anilines is 1. The maximum atomic E-state index is 11.8. The number of carbonyl (C=O) groups is 2. The Balaban J connectivity index is 3.18. The van der Waals surface area contributed by atoms with Gasteiger partial charge in [-0.3, -0.25) is 0 Å². The number of hydrogen-bond donors (Lipinski definition) is 2. The Hall–Kier alpha value is -2.28. The maximum absolute atomic E-state index is 11.8. The van der Waals surface area contributed by atoms with Gasteiger partial charge in [-0.05, 0) is 13.8 Å². The van der Waals surface area contributed by atoms with Crippen LogP contribution in [0, 0.1) is 0 Å². The molecule has 1 aromatic rings. The molecule has 0 aliphatic rings. The number of hydrogen-bond acceptors (Lipinski definition) is 11. The van der Waals surface area contributed by atoms with E-state index < -0.39 is 33.4 Å². The van der Waals surface area contributed by atoms with Crippen LogP contribution in [0.2, 0.25) is 0 Å². The highest BCUT2D eigenvalue weighted by atomic mass is 32.2. The van der Waals surface area contributed by atoms with Gasteiger partial charge in [0.1, 0.15) is 0 Å². The summed E-state index contributed by atoms with van der Waals surface area (Å²) in [7, 11) is -4.13. The van der Waals surface area contributed by atoms with Gasteiger partial charge in [-0.1, -0.05) is 5.16 Å². The molecule has 0 unspecified atom stereocenters. The second kappa shape index (κ2) is 6.23. The van der Waals surface area contributed by atoms with Crippen molar-refractivity contribution in [2.45, 2.75) is 19.4 Å². The molecular weight excluding hydrogens is 340 g/mol. The minimum absolute atomic E-state index is 0.0210. The summed E-state index contributed by atoms with van der Waals surface area (Å²) in [6.07, 6.45) is 0.646. The smallest absolute Gasteiger partial charge is 0.379 e.